The van der Waals surface area contributed by atoms with Crippen molar-refractivity contribution in [3.8, 4) is 0 Å². The molecule has 0 aliphatic rings. The maximum atomic E-state index is 12.7. The van der Waals surface area contributed by atoms with Crippen molar-refractivity contribution < 1.29 is 17.6 Å². The number of nitrogens with one attached hydrogen (secondary N) is 1. The second kappa shape index (κ2) is 7.19. The highest BCUT2D eigenvalue weighted by atomic mass is 32.2. The number of carbonyl (C=O) groups is 1. The number of sulfone groups is 1. The summed E-state index contributed by atoms with van der Waals surface area (Å²) in [6.45, 7) is 1.64. The Morgan fingerprint density at radius 3 is 2.50 bits per heavy atom. The van der Waals surface area contributed by atoms with Gasteiger partial charge in [0.2, 0.25) is 5.91 Å². The SMILES string of the molecule is C[C@@H](CS(C)(=O)=O)NC(=O)C/C=C/c1ccc(F)cc1. The van der Waals surface area contributed by atoms with Gasteiger partial charge in [-0.1, -0.05) is 24.3 Å². The topological polar surface area (TPSA) is 63.2 Å². The van der Waals surface area contributed by atoms with Gasteiger partial charge in [0, 0.05) is 18.7 Å². The Balaban J connectivity index is 2.41. The minimum Gasteiger partial charge on any atom is -0.352 e. The zero-order valence-corrected chi connectivity index (χ0v) is 12.3. The van der Waals surface area contributed by atoms with E-state index in [0.717, 1.165) is 11.8 Å². The third-order valence-corrected chi connectivity index (χ3v) is 3.55. The van der Waals surface area contributed by atoms with Crippen LogP contribution in [-0.2, 0) is 14.6 Å². The van der Waals surface area contributed by atoms with E-state index in [0.29, 0.717) is 0 Å². The molecule has 0 saturated carbocycles. The predicted molar refractivity (Wildman–Crippen MR) is 77.4 cm³/mol. The van der Waals surface area contributed by atoms with Crippen molar-refractivity contribution in [2.45, 2.75) is 19.4 Å². The first-order chi connectivity index (χ1) is 9.26. The van der Waals surface area contributed by atoms with E-state index >= 15 is 0 Å². The van der Waals surface area contributed by atoms with Crippen LogP contribution in [0.2, 0.25) is 0 Å². The Morgan fingerprint density at radius 2 is 1.95 bits per heavy atom. The zero-order valence-electron chi connectivity index (χ0n) is 11.5. The van der Waals surface area contributed by atoms with Crippen molar-refractivity contribution in [2.75, 3.05) is 12.0 Å². The van der Waals surface area contributed by atoms with Crippen molar-refractivity contribution in [1.82, 2.24) is 5.32 Å². The summed E-state index contributed by atoms with van der Waals surface area (Å²) < 4.78 is 34.8. The van der Waals surface area contributed by atoms with E-state index in [1.165, 1.54) is 12.1 Å². The van der Waals surface area contributed by atoms with E-state index in [-0.39, 0.29) is 23.9 Å². The smallest absolute Gasteiger partial charge is 0.224 e. The summed E-state index contributed by atoms with van der Waals surface area (Å²) in [6, 6.07) is 5.48. The van der Waals surface area contributed by atoms with Crippen LogP contribution in [0, 0.1) is 5.82 Å². The average molecular weight is 299 g/mol. The highest BCUT2D eigenvalue weighted by Crippen LogP contribution is 2.05. The van der Waals surface area contributed by atoms with E-state index in [9.17, 15) is 17.6 Å². The molecule has 1 amide bonds. The summed E-state index contributed by atoms with van der Waals surface area (Å²) in [5.41, 5.74) is 0.795. The highest BCUT2D eigenvalue weighted by Gasteiger charge is 2.12. The van der Waals surface area contributed by atoms with Crippen LogP contribution in [0.15, 0.2) is 30.3 Å². The van der Waals surface area contributed by atoms with Gasteiger partial charge in [-0.05, 0) is 24.6 Å². The maximum absolute atomic E-state index is 12.7. The molecule has 4 nitrogen and oxygen atoms in total. The van der Waals surface area contributed by atoms with E-state index in [1.807, 2.05) is 0 Å². The molecule has 1 aromatic rings. The van der Waals surface area contributed by atoms with Crippen LogP contribution in [0.3, 0.4) is 0 Å². The summed E-state index contributed by atoms with van der Waals surface area (Å²) in [5, 5.41) is 2.60. The molecule has 0 saturated heterocycles. The monoisotopic (exact) mass is 299 g/mol. The predicted octanol–water partition coefficient (Wildman–Crippen LogP) is 1.78. The number of hydrogen-bond donors (Lipinski definition) is 1. The zero-order chi connectivity index (χ0) is 15.2. The van der Waals surface area contributed by atoms with Gasteiger partial charge in [0.1, 0.15) is 15.7 Å². The molecule has 0 aliphatic heterocycles. The lowest BCUT2D eigenvalue weighted by atomic mass is 10.2. The van der Waals surface area contributed by atoms with Gasteiger partial charge in [0.05, 0.1) is 5.75 Å². The number of halogens is 1. The van der Waals surface area contributed by atoms with Crippen LogP contribution in [0.1, 0.15) is 18.9 Å². The number of hydrogen-bond acceptors (Lipinski definition) is 3. The van der Waals surface area contributed by atoms with E-state index in [2.05, 4.69) is 5.32 Å². The molecular weight excluding hydrogens is 281 g/mol. The molecular formula is C14H18FNO3S. The van der Waals surface area contributed by atoms with Crippen LogP contribution >= 0.6 is 0 Å². The lowest BCUT2D eigenvalue weighted by Crippen LogP contribution is -2.36. The fourth-order valence-corrected chi connectivity index (χ4v) is 2.70. The number of carbonyl (C=O) groups excluding carboxylic acids is 1. The van der Waals surface area contributed by atoms with Crippen molar-refractivity contribution in [1.29, 1.82) is 0 Å². The van der Waals surface area contributed by atoms with Gasteiger partial charge < -0.3 is 5.32 Å². The summed E-state index contributed by atoms with van der Waals surface area (Å²) in [4.78, 5) is 11.6. The number of amides is 1. The molecule has 1 rings (SSSR count). The first-order valence-corrected chi connectivity index (χ1v) is 8.21. The van der Waals surface area contributed by atoms with Crippen molar-refractivity contribution in [2.24, 2.45) is 0 Å². The van der Waals surface area contributed by atoms with Crippen molar-refractivity contribution in [3.05, 3.63) is 41.7 Å². The van der Waals surface area contributed by atoms with Gasteiger partial charge in [-0.25, -0.2) is 12.8 Å². The average Bonchev–Trinajstić information content (AvgIpc) is 2.29. The molecule has 110 valence electrons. The van der Waals surface area contributed by atoms with Gasteiger partial charge in [0.25, 0.3) is 0 Å². The highest BCUT2D eigenvalue weighted by molar-refractivity contribution is 7.90. The molecule has 0 fully saturated rings. The minimum absolute atomic E-state index is 0.0829. The molecule has 0 aromatic heterocycles. The third-order valence-electron chi connectivity index (χ3n) is 2.44. The first kappa shape index (κ1) is 16.4. The second-order valence-electron chi connectivity index (χ2n) is 4.72. The molecule has 0 unspecified atom stereocenters. The lowest BCUT2D eigenvalue weighted by molar-refractivity contribution is -0.120. The van der Waals surface area contributed by atoms with Crippen LogP contribution in [0.5, 0.6) is 0 Å². The van der Waals surface area contributed by atoms with Crippen LogP contribution in [-0.4, -0.2) is 32.4 Å². The van der Waals surface area contributed by atoms with E-state index < -0.39 is 15.9 Å². The summed E-state index contributed by atoms with van der Waals surface area (Å²) >= 11 is 0. The molecule has 20 heavy (non-hydrogen) atoms. The Labute approximate surface area is 118 Å². The summed E-state index contributed by atoms with van der Waals surface area (Å²) in [6.07, 6.45) is 4.63. The van der Waals surface area contributed by atoms with Crippen LogP contribution in [0.25, 0.3) is 6.08 Å². The summed E-state index contributed by atoms with van der Waals surface area (Å²) in [7, 11) is -3.10. The number of rotatable bonds is 6. The minimum atomic E-state index is -3.10. The molecule has 1 aromatic carbocycles. The fourth-order valence-electron chi connectivity index (χ4n) is 1.71. The largest absolute Gasteiger partial charge is 0.352 e. The Bertz CT molecular complexity index is 579. The Kier molecular flexibility index (Phi) is 5.88. The molecule has 0 radical (unpaired) electrons. The van der Waals surface area contributed by atoms with Crippen molar-refractivity contribution in [3.63, 3.8) is 0 Å². The quantitative estimate of drug-likeness (QED) is 0.871. The molecule has 0 aliphatic carbocycles. The molecule has 1 N–H and O–H groups in total. The van der Waals surface area contributed by atoms with Gasteiger partial charge in [-0.2, -0.15) is 0 Å². The fraction of sp³-hybridized carbons (Fsp3) is 0.357. The Hall–Kier alpha value is -1.69. The van der Waals surface area contributed by atoms with Gasteiger partial charge in [-0.15, -0.1) is 0 Å². The Morgan fingerprint density at radius 1 is 1.35 bits per heavy atom. The van der Waals surface area contributed by atoms with E-state index in [1.54, 1.807) is 31.2 Å². The lowest BCUT2D eigenvalue weighted by Gasteiger charge is -2.11. The van der Waals surface area contributed by atoms with Crippen LogP contribution in [0.4, 0.5) is 4.39 Å². The van der Waals surface area contributed by atoms with Gasteiger partial charge in [-0.3, -0.25) is 4.79 Å². The van der Waals surface area contributed by atoms with Crippen molar-refractivity contribution >= 4 is 21.8 Å². The second-order valence-corrected chi connectivity index (χ2v) is 6.90. The van der Waals surface area contributed by atoms with E-state index in [4.69, 9.17) is 0 Å². The standard InChI is InChI=1S/C14H18FNO3S/c1-11(10-20(2,18)19)16-14(17)5-3-4-12-6-8-13(15)9-7-12/h3-4,6-9,11H,5,10H2,1-2H3,(H,16,17)/b4-3+/t11-/m0/s1. The number of benzene rings is 1. The molecule has 0 heterocycles. The van der Waals surface area contributed by atoms with Gasteiger partial charge in [0.15, 0.2) is 0 Å². The molecule has 1 atom stereocenters. The van der Waals surface area contributed by atoms with Gasteiger partial charge >= 0.3 is 0 Å². The molecule has 0 bridgehead atoms. The third kappa shape index (κ3) is 7.04. The molecule has 6 heteroatoms. The first-order valence-electron chi connectivity index (χ1n) is 6.15. The normalized spacial score (nSPS) is 13.3. The maximum Gasteiger partial charge on any atom is 0.224 e. The molecule has 0 spiro atoms. The summed E-state index contributed by atoms with van der Waals surface area (Å²) in [5.74, 6) is -0.644. The van der Waals surface area contributed by atoms with Crippen LogP contribution < -0.4 is 5.32 Å².